The molecule has 7 nitrogen and oxygen atoms in total. The number of para-hydroxylation sites is 1. The first-order valence-corrected chi connectivity index (χ1v) is 9.29. The van der Waals surface area contributed by atoms with Crippen molar-refractivity contribution in [2.24, 2.45) is 0 Å². The molecular weight excluding hydrogens is 380 g/mol. The Labute approximate surface area is 163 Å². The zero-order valence-electron chi connectivity index (χ0n) is 14.5. The van der Waals surface area contributed by atoms with Crippen LogP contribution in [-0.4, -0.2) is 28.5 Å². The van der Waals surface area contributed by atoms with E-state index in [0.717, 1.165) is 16.0 Å². The number of nitrogens with zero attached hydrogens (tertiary/aromatic N) is 2. The summed E-state index contributed by atoms with van der Waals surface area (Å²) in [6.45, 7) is 0.385. The molecule has 0 saturated heterocycles. The van der Waals surface area contributed by atoms with E-state index >= 15 is 0 Å². The van der Waals surface area contributed by atoms with Gasteiger partial charge < -0.3 is 10.0 Å². The highest BCUT2D eigenvalue weighted by Crippen LogP contribution is 2.41. The van der Waals surface area contributed by atoms with Gasteiger partial charge in [0.05, 0.1) is 10.6 Å². The molecule has 8 heteroatoms. The van der Waals surface area contributed by atoms with Crippen LogP contribution in [0.1, 0.15) is 25.6 Å². The number of aromatic carboxylic acids is 1. The molecule has 2 heterocycles. The minimum absolute atomic E-state index is 0.0730. The van der Waals surface area contributed by atoms with E-state index < -0.39 is 10.9 Å². The summed E-state index contributed by atoms with van der Waals surface area (Å²) >= 11 is 1.20. The number of nitro groups is 1. The van der Waals surface area contributed by atoms with Gasteiger partial charge >= 0.3 is 5.97 Å². The summed E-state index contributed by atoms with van der Waals surface area (Å²) in [7, 11) is 0. The molecule has 0 spiro atoms. The van der Waals surface area contributed by atoms with Gasteiger partial charge in [-0.15, -0.1) is 11.3 Å². The number of hydrogen-bond acceptors (Lipinski definition) is 5. The second kappa shape index (κ2) is 6.90. The fourth-order valence-electron chi connectivity index (χ4n) is 3.29. The zero-order chi connectivity index (χ0) is 19.8. The second-order valence-electron chi connectivity index (χ2n) is 6.30. The quantitative estimate of drug-likeness (QED) is 0.529. The van der Waals surface area contributed by atoms with Crippen molar-refractivity contribution >= 4 is 34.6 Å². The number of anilines is 1. The molecule has 1 N–H and O–H groups in total. The lowest BCUT2D eigenvalue weighted by Crippen LogP contribution is -2.32. The van der Waals surface area contributed by atoms with Crippen LogP contribution < -0.4 is 4.90 Å². The van der Waals surface area contributed by atoms with Crippen molar-refractivity contribution in [2.75, 3.05) is 11.4 Å². The Kier molecular flexibility index (Phi) is 4.40. The molecule has 0 saturated carbocycles. The third-order valence-corrected chi connectivity index (χ3v) is 5.83. The van der Waals surface area contributed by atoms with Gasteiger partial charge in [0.25, 0.3) is 11.6 Å². The van der Waals surface area contributed by atoms with E-state index in [-0.39, 0.29) is 16.5 Å². The summed E-state index contributed by atoms with van der Waals surface area (Å²) in [4.78, 5) is 37.6. The Bertz CT molecular complexity index is 1100. The van der Waals surface area contributed by atoms with Crippen LogP contribution in [0.25, 0.3) is 10.4 Å². The molecule has 0 atom stereocenters. The Morgan fingerprint density at radius 1 is 1.11 bits per heavy atom. The number of rotatable bonds is 3. The number of nitro benzene ring substituents is 1. The molecule has 140 valence electrons. The van der Waals surface area contributed by atoms with Crippen LogP contribution in [0, 0.1) is 10.1 Å². The SMILES string of the molecule is O=C(O)c1cc2c(s1)-c1ccccc1N(C(=O)c1ccc([N+](=O)[O-])cc1)CC2. The number of hydrogen-bond donors (Lipinski definition) is 1. The minimum Gasteiger partial charge on any atom is -0.477 e. The summed E-state index contributed by atoms with van der Waals surface area (Å²) < 4.78 is 0. The first kappa shape index (κ1) is 17.9. The predicted molar refractivity (Wildman–Crippen MR) is 105 cm³/mol. The average Bonchev–Trinajstić information content (AvgIpc) is 3.06. The molecular formula is C20H14N2O5S. The van der Waals surface area contributed by atoms with E-state index in [9.17, 15) is 24.8 Å². The molecule has 1 aliphatic rings. The van der Waals surface area contributed by atoms with Crippen molar-refractivity contribution in [3.63, 3.8) is 0 Å². The molecule has 2 aromatic carbocycles. The average molecular weight is 394 g/mol. The minimum atomic E-state index is -0.964. The zero-order valence-corrected chi connectivity index (χ0v) is 15.3. The number of thiophene rings is 1. The highest BCUT2D eigenvalue weighted by molar-refractivity contribution is 7.17. The van der Waals surface area contributed by atoms with Gasteiger partial charge in [-0.2, -0.15) is 0 Å². The van der Waals surface area contributed by atoms with Crippen LogP contribution in [-0.2, 0) is 6.42 Å². The standard InChI is InChI=1S/C20H14N2O5S/c23-19(12-5-7-14(8-6-12)22(26)27)21-10-9-13-11-17(20(24)25)28-18(13)15-3-1-2-4-16(15)21/h1-8,11H,9-10H2,(H,24,25). The number of carbonyl (C=O) groups is 2. The Hall–Kier alpha value is -3.52. The van der Waals surface area contributed by atoms with Gasteiger partial charge in [0.15, 0.2) is 0 Å². The van der Waals surface area contributed by atoms with Gasteiger partial charge in [0.1, 0.15) is 4.88 Å². The van der Waals surface area contributed by atoms with Gasteiger partial charge in [0.2, 0.25) is 0 Å². The van der Waals surface area contributed by atoms with E-state index in [0.29, 0.717) is 24.2 Å². The van der Waals surface area contributed by atoms with Crippen molar-refractivity contribution in [2.45, 2.75) is 6.42 Å². The third kappa shape index (κ3) is 3.03. The number of carboxylic acids is 1. The smallest absolute Gasteiger partial charge is 0.345 e. The number of carbonyl (C=O) groups excluding carboxylic acids is 1. The highest BCUT2D eigenvalue weighted by atomic mass is 32.1. The topological polar surface area (TPSA) is 101 Å². The molecule has 0 unspecified atom stereocenters. The lowest BCUT2D eigenvalue weighted by atomic mass is 10.1. The maximum atomic E-state index is 13.1. The summed E-state index contributed by atoms with van der Waals surface area (Å²) in [5.41, 5.74) is 2.69. The molecule has 0 fully saturated rings. The highest BCUT2D eigenvalue weighted by Gasteiger charge is 2.27. The normalized spacial score (nSPS) is 12.6. The summed E-state index contributed by atoms with van der Waals surface area (Å²) in [5, 5.41) is 20.1. The monoisotopic (exact) mass is 394 g/mol. The molecule has 0 aliphatic carbocycles. The number of benzene rings is 2. The van der Waals surface area contributed by atoms with Crippen LogP contribution in [0.3, 0.4) is 0 Å². The number of carboxylic acid groups (broad SMARTS) is 1. The predicted octanol–water partition coefficient (Wildman–Crippen LogP) is 4.22. The summed E-state index contributed by atoms with van der Waals surface area (Å²) in [6.07, 6.45) is 0.520. The number of amides is 1. The van der Waals surface area contributed by atoms with Gasteiger partial charge in [-0.3, -0.25) is 14.9 Å². The molecule has 0 radical (unpaired) electrons. The number of non-ortho nitro benzene ring substituents is 1. The van der Waals surface area contributed by atoms with Crippen molar-refractivity contribution in [3.8, 4) is 10.4 Å². The van der Waals surface area contributed by atoms with Crippen LogP contribution in [0.4, 0.5) is 11.4 Å². The Morgan fingerprint density at radius 2 is 1.82 bits per heavy atom. The molecule has 1 amide bonds. The Morgan fingerprint density at radius 3 is 2.50 bits per heavy atom. The molecule has 3 aromatic rings. The van der Waals surface area contributed by atoms with E-state index in [1.165, 1.54) is 35.6 Å². The van der Waals surface area contributed by atoms with E-state index in [2.05, 4.69) is 0 Å². The fourth-order valence-corrected chi connectivity index (χ4v) is 4.38. The van der Waals surface area contributed by atoms with Gasteiger partial charge in [0, 0.05) is 34.7 Å². The fraction of sp³-hybridized carbons (Fsp3) is 0.100. The first-order chi connectivity index (χ1) is 13.5. The van der Waals surface area contributed by atoms with Crippen molar-refractivity contribution < 1.29 is 19.6 Å². The van der Waals surface area contributed by atoms with E-state index in [1.807, 2.05) is 24.3 Å². The van der Waals surface area contributed by atoms with E-state index in [4.69, 9.17) is 0 Å². The maximum Gasteiger partial charge on any atom is 0.345 e. The van der Waals surface area contributed by atoms with Crippen LogP contribution in [0.5, 0.6) is 0 Å². The largest absolute Gasteiger partial charge is 0.477 e. The van der Waals surface area contributed by atoms with Crippen LogP contribution in [0.15, 0.2) is 54.6 Å². The summed E-state index contributed by atoms with van der Waals surface area (Å²) in [6, 6.07) is 14.6. The van der Waals surface area contributed by atoms with Crippen molar-refractivity contribution in [1.29, 1.82) is 0 Å². The first-order valence-electron chi connectivity index (χ1n) is 8.47. The summed E-state index contributed by atoms with van der Waals surface area (Å²) in [5.74, 6) is -1.22. The van der Waals surface area contributed by atoms with Gasteiger partial charge in [-0.05, 0) is 36.2 Å². The van der Waals surface area contributed by atoms with Gasteiger partial charge in [-0.1, -0.05) is 18.2 Å². The van der Waals surface area contributed by atoms with Crippen molar-refractivity contribution in [3.05, 3.63) is 80.7 Å². The molecule has 1 aromatic heterocycles. The van der Waals surface area contributed by atoms with E-state index in [1.54, 1.807) is 11.0 Å². The van der Waals surface area contributed by atoms with Crippen molar-refractivity contribution in [1.82, 2.24) is 0 Å². The molecule has 4 rings (SSSR count). The third-order valence-electron chi connectivity index (χ3n) is 4.63. The second-order valence-corrected chi connectivity index (χ2v) is 7.35. The molecule has 0 bridgehead atoms. The maximum absolute atomic E-state index is 13.1. The Balaban J connectivity index is 1.75. The van der Waals surface area contributed by atoms with Crippen LogP contribution in [0.2, 0.25) is 0 Å². The lowest BCUT2D eigenvalue weighted by molar-refractivity contribution is -0.384. The molecule has 1 aliphatic heterocycles. The van der Waals surface area contributed by atoms with Gasteiger partial charge in [-0.25, -0.2) is 4.79 Å². The van der Waals surface area contributed by atoms with Crippen LogP contribution >= 0.6 is 11.3 Å². The number of fused-ring (bicyclic) bond motifs is 3. The lowest BCUT2D eigenvalue weighted by Gasteiger charge is -2.23. The molecule has 28 heavy (non-hydrogen) atoms.